The molecule has 0 radical (unpaired) electrons. The van der Waals surface area contributed by atoms with Gasteiger partial charge >= 0.3 is 0 Å². The predicted molar refractivity (Wildman–Crippen MR) is 71.6 cm³/mol. The number of nitrogens with two attached hydrogens (primary N) is 1. The standard InChI is InChI=1S/C13H28N2O3/c1-4-13(14,10-16)6-5-7-15-8-11(17-2)12(9-15)18-3/h11-12,16H,4-10,14H2,1-3H3. The number of nitrogens with zero attached hydrogens (tertiary/aromatic N) is 1. The minimum atomic E-state index is -0.416. The summed E-state index contributed by atoms with van der Waals surface area (Å²) >= 11 is 0. The number of hydrogen-bond acceptors (Lipinski definition) is 5. The highest BCUT2D eigenvalue weighted by atomic mass is 16.5. The van der Waals surface area contributed by atoms with E-state index < -0.39 is 5.54 Å². The van der Waals surface area contributed by atoms with Gasteiger partial charge in [0.05, 0.1) is 18.8 Å². The largest absolute Gasteiger partial charge is 0.394 e. The molecule has 0 spiro atoms. The summed E-state index contributed by atoms with van der Waals surface area (Å²) in [5, 5.41) is 9.26. The summed E-state index contributed by atoms with van der Waals surface area (Å²) in [6.07, 6.45) is 3.00. The number of hydrogen-bond donors (Lipinski definition) is 2. The van der Waals surface area contributed by atoms with E-state index in [1.54, 1.807) is 14.2 Å². The predicted octanol–water partition coefficient (Wildman–Crippen LogP) is 0.212. The summed E-state index contributed by atoms with van der Waals surface area (Å²) in [5.74, 6) is 0. The maximum absolute atomic E-state index is 9.26. The van der Waals surface area contributed by atoms with E-state index in [0.29, 0.717) is 0 Å². The van der Waals surface area contributed by atoms with Crippen LogP contribution in [0.2, 0.25) is 0 Å². The second kappa shape index (κ2) is 7.40. The molecule has 3 N–H and O–H groups in total. The van der Waals surface area contributed by atoms with Gasteiger partial charge in [0, 0.05) is 32.8 Å². The summed E-state index contributed by atoms with van der Waals surface area (Å²) in [7, 11) is 3.46. The van der Waals surface area contributed by atoms with E-state index in [4.69, 9.17) is 15.2 Å². The number of ether oxygens (including phenoxy) is 2. The van der Waals surface area contributed by atoms with Crippen molar-refractivity contribution in [1.82, 2.24) is 4.90 Å². The molecule has 1 heterocycles. The molecule has 0 amide bonds. The number of likely N-dealkylation sites (tertiary alicyclic amines) is 1. The van der Waals surface area contributed by atoms with Crippen molar-refractivity contribution >= 4 is 0 Å². The summed E-state index contributed by atoms with van der Waals surface area (Å²) in [6, 6.07) is 0. The van der Waals surface area contributed by atoms with Crippen LogP contribution in [0, 0.1) is 0 Å². The number of methoxy groups -OCH3 is 2. The highest BCUT2D eigenvalue weighted by Crippen LogP contribution is 2.18. The number of aliphatic hydroxyl groups is 1. The van der Waals surface area contributed by atoms with E-state index in [0.717, 1.165) is 38.9 Å². The van der Waals surface area contributed by atoms with Crippen molar-refractivity contribution in [2.75, 3.05) is 40.5 Å². The summed E-state index contributed by atoms with van der Waals surface area (Å²) in [6.45, 7) is 4.90. The number of rotatable bonds is 8. The van der Waals surface area contributed by atoms with Crippen LogP contribution in [0.5, 0.6) is 0 Å². The third kappa shape index (κ3) is 4.17. The fourth-order valence-corrected chi connectivity index (χ4v) is 2.48. The Morgan fingerprint density at radius 2 is 1.83 bits per heavy atom. The Balaban J connectivity index is 2.29. The zero-order chi connectivity index (χ0) is 13.6. The molecule has 3 unspecified atom stereocenters. The molecule has 0 aromatic rings. The monoisotopic (exact) mass is 260 g/mol. The van der Waals surface area contributed by atoms with Crippen molar-refractivity contribution < 1.29 is 14.6 Å². The average Bonchev–Trinajstić information content (AvgIpc) is 2.80. The van der Waals surface area contributed by atoms with Crippen molar-refractivity contribution in [2.24, 2.45) is 5.73 Å². The number of aliphatic hydroxyl groups excluding tert-OH is 1. The Morgan fingerprint density at radius 1 is 1.28 bits per heavy atom. The van der Waals surface area contributed by atoms with E-state index in [1.807, 2.05) is 6.92 Å². The quantitative estimate of drug-likeness (QED) is 0.653. The molecule has 3 atom stereocenters. The Labute approximate surface area is 110 Å². The molecule has 0 aliphatic carbocycles. The highest BCUT2D eigenvalue weighted by Gasteiger charge is 2.32. The van der Waals surface area contributed by atoms with Crippen molar-refractivity contribution in [2.45, 2.75) is 43.9 Å². The topological polar surface area (TPSA) is 68.0 Å². The maximum Gasteiger partial charge on any atom is 0.0971 e. The van der Waals surface area contributed by atoms with E-state index in [2.05, 4.69) is 4.90 Å². The molecule has 1 rings (SSSR count). The molecule has 1 aliphatic rings. The van der Waals surface area contributed by atoms with E-state index in [9.17, 15) is 5.11 Å². The lowest BCUT2D eigenvalue weighted by atomic mass is 9.92. The normalized spacial score (nSPS) is 28.5. The van der Waals surface area contributed by atoms with Gasteiger partial charge < -0.3 is 20.3 Å². The first-order valence-corrected chi connectivity index (χ1v) is 6.76. The molecule has 1 fully saturated rings. The highest BCUT2D eigenvalue weighted by molar-refractivity contribution is 4.87. The van der Waals surface area contributed by atoms with Gasteiger partial charge in [0.2, 0.25) is 0 Å². The SMILES string of the molecule is CCC(N)(CO)CCCN1CC(OC)C(OC)C1. The molecule has 1 aliphatic heterocycles. The minimum absolute atomic E-state index is 0.0604. The van der Waals surface area contributed by atoms with E-state index in [-0.39, 0.29) is 18.8 Å². The average molecular weight is 260 g/mol. The molecule has 0 aromatic heterocycles. The Bertz CT molecular complexity index is 222. The van der Waals surface area contributed by atoms with Crippen LogP contribution in [-0.2, 0) is 9.47 Å². The van der Waals surface area contributed by atoms with Crippen LogP contribution in [0.3, 0.4) is 0 Å². The van der Waals surface area contributed by atoms with Gasteiger partial charge in [0.25, 0.3) is 0 Å². The molecule has 108 valence electrons. The molecule has 18 heavy (non-hydrogen) atoms. The van der Waals surface area contributed by atoms with Crippen LogP contribution in [0.4, 0.5) is 0 Å². The smallest absolute Gasteiger partial charge is 0.0971 e. The summed E-state index contributed by atoms with van der Waals surface area (Å²) < 4.78 is 10.8. The molecule has 5 nitrogen and oxygen atoms in total. The van der Waals surface area contributed by atoms with Crippen LogP contribution in [0.25, 0.3) is 0 Å². The molecular weight excluding hydrogens is 232 g/mol. The third-order valence-electron chi connectivity index (χ3n) is 4.06. The first-order chi connectivity index (χ1) is 8.58. The van der Waals surface area contributed by atoms with Crippen molar-refractivity contribution in [1.29, 1.82) is 0 Å². The lowest BCUT2D eigenvalue weighted by Crippen LogP contribution is -2.43. The second-order valence-corrected chi connectivity index (χ2v) is 5.29. The van der Waals surface area contributed by atoms with Gasteiger partial charge in [0.1, 0.15) is 0 Å². The summed E-state index contributed by atoms with van der Waals surface area (Å²) in [4.78, 5) is 2.34. The van der Waals surface area contributed by atoms with Crippen LogP contribution in [0.1, 0.15) is 26.2 Å². The van der Waals surface area contributed by atoms with Gasteiger partial charge in [-0.2, -0.15) is 0 Å². The minimum Gasteiger partial charge on any atom is -0.394 e. The fraction of sp³-hybridized carbons (Fsp3) is 1.00. The van der Waals surface area contributed by atoms with E-state index >= 15 is 0 Å². The van der Waals surface area contributed by atoms with Gasteiger partial charge in [-0.1, -0.05) is 6.92 Å². The third-order valence-corrected chi connectivity index (χ3v) is 4.06. The lowest BCUT2D eigenvalue weighted by Gasteiger charge is -2.26. The zero-order valence-corrected chi connectivity index (χ0v) is 11.9. The van der Waals surface area contributed by atoms with Crippen molar-refractivity contribution in [3.05, 3.63) is 0 Å². The van der Waals surface area contributed by atoms with Crippen molar-refractivity contribution in [3.63, 3.8) is 0 Å². The van der Waals surface area contributed by atoms with Crippen LogP contribution in [0.15, 0.2) is 0 Å². The zero-order valence-electron chi connectivity index (χ0n) is 11.9. The van der Waals surface area contributed by atoms with Crippen LogP contribution >= 0.6 is 0 Å². The molecule has 0 aromatic carbocycles. The maximum atomic E-state index is 9.26. The molecule has 5 heteroatoms. The fourth-order valence-electron chi connectivity index (χ4n) is 2.48. The van der Waals surface area contributed by atoms with Crippen molar-refractivity contribution in [3.8, 4) is 0 Å². The molecule has 0 saturated carbocycles. The first-order valence-electron chi connectivity index (χ1n) is 6.76. The lowest BCUT2D eigenvalue weighted by molar-refractivity contribution is -0.00461. The summed E-state index contributed by atoms with van der Waals surface area (Å²) in [5.41, 5.74) is 5.65. The molecule has 0 bridgehead atoms. The Morgan fingerprint density at radius 3 is 2.22 bits per heavy atom. The molecule has 1 saturated heterocycles. The Kier molecular flexibility index (Phi) is 6.52. The molecular formula is C13H28N2O3. The van der Waals surface area contributed by atoms with Gasteiger partial charge in [-0.3, -0.25) is 4.90 Å². The van der Waals surface area contributed by atoms with Gasteiger partial charge in [-0.15, -0.1) is 0 Å². The second-order valence-electron chi connectivity index (χ2n) is 5.29. The van der Waals surface area contributed by atoms with E-state index in [1.165, 1.54) is 0 Å². The Hall–Kier alpha value is -0.200. The van der Waals surface area contributed by atoms with Gasteiger partial charge in [0.15, 0.2) is 0 Å². The van der Waals surface area contributed by atoms with Crippen LogP contribution in [-0.4, -0.2) is 68.2 Å². The van der Waals surface area contributed by atoms with Gasteiger partial charge in [-0.25, -0.2) is 0 Å². The van der Waals surface area contributed by atoms with Crippen LogP contribution < -0.4 is 5.73 Å². The van der Waals surface area contributed by atoms with Gasteiger partial charge in [-0.05, 0) is 25.8 Å². The first kappa shape index (κ1) is 15.9.